The number of nitrogens with zero attached hydrogens (tertiary/aromatic N) is 3. The van der Waals surface area contributed by atoms with Gasteiger partial charge < -0.3 is 4.42 Å². The molecule has 3 rings (SSSR count). The van der Waals surface area contributed by atoms with E-state index in [4.69, 9.17) is 4.42 Å². The fourth-order valence-electron chi connectivity index (χ4n) is 3.17. The van der Waals surface area contributed by atoms with Crippen molar-refractivity contribution in [2.45, 2.75) is 50.6 Å². The zero-order valence-electron chi connectivity index (χ0n) is 13.7. The van der Waals surface area contributed by atoms with E-state index in [1.807, 2.05) is 0 Å². The minimum absolute atomic E-state index is 0.0773. The SMILES string of the molecule is CS(=O)(=O)N1CCC(N(Cc2cnc(C3CC3)o2)CC(F)F)CC1. The maximum Gasteiger partial charge on any atom is 0.251 e. The Labute approximate surface area is 140 Å². The molecule has 1 aliphatic carbocycles. The molecular formula is C15H23F2N3O3S. The van der Waals surface area contributed by atoms with E-state index in [0.29, 0.717) is 43.5 Å². The summed E-state index contributed by atoms with van der Waals surface area (Å²) in [5.74, 6) is 1.69. The molecule has 0 spiro atoms. The Morgan fingerprint density at radius 3 is 2.54 bits per heavy atom. The van der Waals surface area contributed by atoms with Crippen LogP contribution in [-0.4, -0.2) is 61.0 Å². The van der Waals surface area contributed by atoms with Crippen LogP contribution in [0.2, 0.25) is 0 Å². The quantitative estimate of drug-likeness (QED) is 0.742. The second-order valence-electron chi connectivity index (χ2n) is 6.65. The number of rotatable bonds is 7. The molecule has 1 saturated carbocycles. The first kappa shape index (κ1) is 17.8. The Morgan fingerprint density at radius 1 is 1.33 bits per heavy atom. The molecular weight excluding hydrogens is 340 g/mol. The van der Waals surface area contributed by atoms with E-state index in [-0.39, 0.29) is 19.1 Å². The molecule has 9 heteroatoms. The van der Waals surface area contributed by atoms with Gasteiger partial charge in [-0.1, -0.05) is 0 Å². The van der Waals surface area contributed by atoms with Crippen molar-refractivity contribution in [3.8, 4) is 0 Å². The highest BCUT2D eigenvalue weighted by molar-refractivity contribution is 7.88. The molecule has 1 saturated heterocycles. The summed E-state index contributed by atoms with van der Waals surface area (Å²) in [4.78, 5) is 5.93. The second-order valence-corrected chi connectivity index (χ2v) is 8.64. The molecule has 0 amide bonds. The first-order valence-electron chi connectivity index (χ1n) is 8.25. The van der Waals surface area contributed by atoms with Gasteiger partial charge in [-0.15, -0.1) is 0 Å². The van der Waals surface area contributed by atoms with E-state index in [1.165, 1.54) is 10.6 Å². The summed E-state index contributed by atoms with van der Waals surface area (Å²) in [5, 5.41) is 0. The Morgan fingerprint density at radius 2 is 2.00 bits per heavy atom. The van der Waals surface area contributed by atoms with Crippen molar-refractivity contribution in [3.05, 3.63) is 17.8 Å². The standard InChI is InChI=1S/C15H23F2N3O3S/c1-24(21,22)20-6-4-12(5-7-20)19(10-14(16)17)9-13-8-18-15(23-13)11-2-3-11/h8,11-12,14H,2-7,9-10H2,1H3. The van der Waals surface area contributed by atoms with Crippen LogP contribution in [0.1, 0.15) is 43.3 Å². The number of halogens is 2. The molecule has 1 aromatic heterocycles. The van der Waals surface area contributed by atoms with Crippen molar-refractivity contribution in [3.63, 3.8) is 0 Å². The molecule has 0 atom stereocenters. The molecule has 0 unspecified atom stereocenters. The van der Waals surface area contributed by atoms with Gasteiger partial charge in [0.1, 0.15) is 5.76 Å². The number of sulfonamides is 1. The zero-order valence-corrected chi connectivity index (χ0v) is 14.5. The van der Waals surface area contributed by atoms with Gasteiger partial charge in [0.15, 0.2) is 5.89 Å². The average molecular weight is 363 g/mol. The van der Waals surface area contributed by atoms with Gasteiger partial charge in [0.25, 0.3) is 6.43 Å². The van der Waals surface area contributed by atoms with Crippen molar-refractivity contribution in [1.29, 1.82) is 0 Å². The lowest BCUT2D eigenvalue weighted by molar-refractivity contribution is 0.0416. The van der Waals surface area contributed by atoms with E-state index in [1.54, 1.807) is 11.1 Å². The molecule has 6 nitrogen and oxygen atoms in total. The Hall–Kier alpha value is -1.06. The third-order valence-corrected chi connectivity index (χ3v) is 5.94. The highest BCUT2D eigenvalue weighted by atomic mass is 32.2. The van der Waals surface area contributed by atoms with Gasteiger partial charge in [-0.3, -0.25) is 4.90 Å². The number of piperidine rings is 1. The lowest BCUT2D eigenvalue weighted by Crippen LogP contribution is -2.47. The van der Waals surface area contributed by atoms with Crippen LogP contribution < -0.4 is 0 Å². The fourth-order valence-corrected chi connectivity index (χ4v) is 4.05. The minimum atomic E-state index is -3.22. The van der Waals surface area contributed by atoms with Crippen LogP contribution in [0.15, 0.2) is 10.6 Å². The molecule has 2 fully saturated rings. The van der Waals surface area contributed by atoms with Crippen LogP contribution in [0.25, 0.3) is 0 Å². The van der Waals surface area contributed by atoms with E-state index >= 15 is 0 Å². The van der Waals surface area contributed by atoms with E-state index in [2.05, 4.69) is 4.98 Å². The predicted molar refractivity (Wildman–Crippen MR) is 84.3 cm³/mol. The third-order valence-electron chi connectivity index (χ3n) is 4.64. The van der Waals surface area contributed by atoms with Crippen molar-refractivity contribution in [2.75, 3.05) is 25.9 Å². The van der Waals surface area contributed by atoms with Crippen LogP contribution >= 0.6 is 0 Å². The van der Waals surface area contributed by atoms with Crippen molar-refractivity contribution in [1.82, 2.24) is 14.2 Å². The van der Waals surface area contributed by atoms with Gasteiger partial charge in [0, 0.05) is 25.0 Å². The van der Waals surface area contributed by atoms with Gasteiger partial charge in [-0.25, -0.2) is 26.5 Å². The average Bonchev–Trinajstić information content (AvgIpc) is 3.26. The fraction of sp³-hybridized carbons (Fsp3) is 0.800. The van der Waals surface area contributed by atoms with E-state index < -0.39 is 16.4 Å². The van der Waals surface area contributed by atoms with Crippen LogP contribution in [0.5, 0.6) is 0 Å². The smallest absolute Gasteiger partial charge is 0.251 e. The Bertz CT molecular complexity index is 653. The van der Waals surface area contributed by atoms with E-state index in [0.717, 1.165) is 12.8 Å². The number of hydrogen-bond acceptors (Lipinski definition) is 5. The summed E-state index contributed by atoms with van der Waals surface area (Å²) in [6, 6.07) is -0.0773. The Kier molecular flexibility index (Phi) is 5.22. The lowest BCUT2D eigenvalue weighted by atomic mass is 10.0. The zero-order chi connectivity index (χ0) is 17.3. The third kappa shape index (κ3) is 4.52. The first-order valence-corrected chi connectivity index (χ1v) is 10.1. The molecule has 24 heavy (non-hydrogen) atoms. The normalized spacial score (nSPS) is 21.0. The summed E-state index contributed by atoms with van der Waals surface area (Å²) in [6.45, 7) is 0.677. The molecule has 1 aromatic rings. The molecule has 0 radical (unpaired) electrons. The van der Waals surface area contributed by atoms with Gasteiger partial charge in [-0.2, -0.15) is 0 Å². The van der Waals surface area contributed by atoms with Crippen LogP contribution in [0, 0.1) is 0 Å². The van der Waals surface area contributed by atoms with Crippen LogP contribution in [0.4, 0.5) is 8.78 Å². The number of aromatic nitrogens is 1. The topological polar surface area (TPSA) is 66.7 Å². The van der Waals surface area contributed by atoms with Crippen LogP contribution in [-0.2, 0) is 16.6 Å². The maximum absolute atomic E-state index is 13.0. The summed E-state index contributed by atoms with van der Waals surface area (Å²) in [5.41, 5.74) is 0. The van der Waals surface area contributed by atoms with Crippen molar-refractivity contribution in [2.24, 2.45) is 0 Å². The summed E-state index contributed by atoms with van der Waals surface area (Å²) in [7, 11) is -3.22. The molecule has 0 N–H and O–H groups in total. The summed E-state index contributed by atoms with van der Waals surface area (Å²) in [6.07, 6.45) is 3.60. The monoisotopic (exact) mass is 363 g/mol. The lowest BCUT2D eigenvalue weighted by Gasteiger charge is -2.37. The molecule has 0 bridgehead atoms. The van der Waals surface area contributed by atoms with Crippen LogP contribution in [0.3, 0.4) is 0 Å². The second kappa shape index (κ2) is 7.05. The molecule has 1 aliphatic heterocycles. The number of alkyl halides is 2. The van der Waals surface area contributed by atoms with Crippen molar-refractivity contribution >= 4 is 10.0 Å². The van der Waals surface area contributed by atoms with Gasteiger partial charge >= 0.3 is 0 Å². The molecule has 2 aliphatic rings. The summed E-state index contributed by atoms with van der Waals surface area (Å²) >= 11 is 0. The minimum Gasteiger partial charge on any atom is -0.444 e. The van der Waals surface area contributed by atoms with Gasteiger partial charge in [0.05, 0.1) is 25.5 Å². The Balaban J connectivity index is 1.63. The van der Waals surface area contributed by atoms with Gasteiger partial charge in [-0.05, 0) is 25.7 Å². The first-order chi connectivity index (χ1) is 11.3. The number of hydrogen-bond donors (Lipinski definition) is 0. The van der Waals surface area contributed by atoms with Crippen molar-refractivity contribution < 1.29 is 21.6 Å². The summed E-state index contributed by atoms with van der Waals surface area (Å²) < 4.78 is 56.2. The maximum atomic E-state index is 13.0. The molecule has 136 valence electrons. The molecule has 0 aromatic carbocycles. The largest absolute Gasteiger partial charge is 0.444 e. The molecule has 2 heterocycles. The predicted octanol–water partition coefficient (Wildman–Crippen LogP) is 2.04. The highest BCUT2D eigenvalue weighted by Gasteiger charge is 2.32. The number of oxazole rings is 1. The van der Waals surface area contributed by atoms with E-state index in [9.17, 15) is 17.2 Å². The van der Waals surface area contributed by atoms with Gasteiger partial charge in [0.2, 0.25) is 10.0 Å². The highest BCUT2D eigenvalue weighted by Crippen LogP contribution is 2.39.